The summed E-state index contributed by atoms with van der Waals surface area (Å²) >= 11 is 0. The number of benzene rings is 2. The van der Waals surface area contributed by atoms with Gasteiger partial charge in [-0.3, -0.25) is 9.48 Å². The molecule has 7 nitrogen and oxygen atoms in total. The molecule has 0 N–H and O–H groups in total. The van der Waals surface area contributed by atoms with Crippen molar-refractivity contribution in [3.8, 4) is 0 Å². The van der Waals surface area contributed by atoms with Crippen molar-refractivity contribution in [3.05, 3.63) is 59.9 Å². The lowest BCUT2D eigenvalue weighted by Crippen LogP contribution is -2.50. The quantitative estimate of drug-likeness (QED) is 0.648. The van der Waals surface area contributed by atoms with Crippen molar-refractivity contribution in [1.82, 2.24) is 19.0 Å². The van der Waals surface area contributed by atoms with Gasteiger partial charge in [-0.2, -0.15) is 9.40 Å². The van der Waals surface area contributed by atoms with E-state index in [1.54, 1.807) is 23.2 Å². The third-order valence-electron chi connectivity index (χ3n) is 6.11. The molecule has 156 valence electrons. The maximum atomic E-state index is 13.3. The highest BCUT2D eigenvalue weighted by molar-refractivity contribution is 7.89. The number of aromatic nitrogens is 2. The van der Waals surface area contributed by atoms with E-state index in [9.17, 15) is 13.2 Å². The van der Waals surface area contributed by atoms with Gasteiger partial charge in [0.05, 0.1) is 22.3 Å². The van der Waals surface area contributed by atoms with Crippen LogP contribution in [0.1, 0.15) is 28.9 Å². The van der Waals surface area contributed by atoms with Crippen LogP contribution in [0.2, 0.25) is 0 Å². The van der Waals surface area contributed by atoms with Crippen molar-refractivity contribution in [2.75, 3.05) is 26.2 Å². The number of carbonyl (C=O) groups excluding carboxylic acids is 1. The average molecular weight is 425 g/mol. The van der Waals surface area contributed by atoms with Gasteiger partial charge in [0.25, 0.3) is 5.91 Å². The first-order valence-electron chi connectivity index (χ1n) is 10.4. The molecule has 3 heterocycles. The number of amides is 1. The molecule has 2 aromatic carbocycles. The summed E-state index contributed by atoms with van der Waals surface area (Å²) in [6.45, 7) is 2.21. The topological polar surface area (TPSA) is 75.5 Å². The summed E-state index contributed by atoms with van der Waals surface area (Å²) in [5.41, 5.74) is 1.68. The fraction of sp³-hybridized carbons (Fsp3) is 0.364. The molecular weight excluding hydrogens is 400 g/mol. The molecule has 1 saturated heterocycles. The van der Waals surface area contributed by atoms with Crippen molar-refractivity contribution in [2.24, 2.45) is 0 Å². The summed E-state index contributed by atoms with van der Waals surface area (Å²) in [7, 11) is -3.63. The number of sulfonamides is 1. The second-order valence-corrected chi connectivity index (χ2v) is 9.77. The van der Waals surface area contributed by atoms with Gasteiger partial charge in [-0.15, -0.1) is 0 Å². The third kappa shape index (κ3) is 3.20. The predicted octanol–water partition coefficient (Wildman–Crippen LogP) is 2.52. The van der Waals surface area contributed by atoms with Crippen molar-refractivity contribution < 1.29 is 13.2 Å². The van der Waals surface area contributed by atoms with E-state index in [2.05, 4.69) is 5.10 Å². The SMILES string of the molecule is O=C(c1cnn2c1CCCC2)N1CCN(S(=O)(=O)c2cccc3ccccc23)CC1. The smallest absolute Gasteiger partial charge is 0.257 e. The number of piperazine rings is 1. The van der Waals surface area contributed by atoms with Crippen LogP contribution in [0.25, 0.3) is 10.8 Å². The van der Waals surface area contributed by atoms with Crippen molar-refractivity contribution in [2.45, 2.75) is 30.7 Å². The summed E-state index contributed by atoms with van der Waals surface area (Å²) in [5.74, 6) is -0.0413. The van der Waals surface area contributed by atoms with E-state index in [0.717, 1.165) is 42.3 Å². The lowest BCUT2D eigenvalue weighted by molar-refractivity contribution is 0.0696. The van der Waals surface area contributed by atoms with Crippen LogP contribution in [0, 0.1) is 0 Å². The standard InChI is InChI=1S/C22H24N4O3S/c27-22(19-16-23-26-11-4-3-9-20(19)26)24-12-14-25(15-13-24)30(28,29)21-10-5-7-17-6-1-2-8-18(17)21/h1-2,5-8,10,16H,3-4,9,11-15H2. The van der Waals surface area contributed by atoms with Gasteiger partial charge in [0, 0.05) is 38.1 Å². The second kappa shape index (κ2) is 7.52. The first kappa shape index (κ1) is 19.3. The predicted molar refractivity (Wildman–Crippen MR) is 114 cm³/mol. The molecule has 3 aromatic rings. The summed E-state index contributed by atoms with van der Waals surface area (Å²) in [4.78, 5) is 15.1. The Kier molecular flexibility index (Phi) is 4.83. The highest BCUT2D eigenvalue weighted by Crippen LogP contribution is 2.27. The second-order valence-electron chi connectivity index (χ2n) is 7.86. The maximum Gasteiger partial charge on any atom is 0.257 e. The summed E-state index contributed by atoms with van der Waals surface area (Å²) in [5, 5.41) is 5.99. The maximum absolute atomic E-state index is 13.3. The Morgan fingerprint density at radius 1 is 0.900 bits per heavy atom. The minimum absolute atomic E-state index is 0.0413. The molecule has 0 unspecified atom stereocenters. The van der Waals surface area contributed by atoms with E-state index in [4.69, 9.17) is 0 Å². The van der Waals surface area contributed by atoms with E-state index in [0.29, 0.717) is 36.6 Å². The van der Waals surface area contributed by atoms with Crippen molar-refractivity contribution in [1.29, 1.82) is 0 Å². The Hall–Kier alpha value is -2.71. The van der Waals surface area contributed by atoms with Gasteiger partial charge >= 0.3 is 0 Å². The molecule has 1 amide bonds. The monoisotopic (exact) mass is 424 g/mol. The van der Waals surface area contributed by atoms with Crippen LogP contribution in [0.15, 0.2) is 53.6 Å². The summed E-state index contributed by atoms with van der Waals surface area (Å²) < 4.78 is 30.0. The summed E-state index contributed by atoms with van der Waals surface area (Å²) in [6.07, 6.45) is 4.70. The number of hydrogen-bond acceptors (Lipinski definition) is 4. The molecule has 0 radical (unpaired) electrons. The molecule has 2 aliphatic heterocycles. The molecule has 0 saturated carbocycles. The lowest BCUT2D eigenvalue weighted by atomic mass is 10.1. The van der Waals surface area contributed by atoms with Crippen LogP contribution in [-0.2, 0) is 23.0 Å². The molecule has 0 bridgehead atoms. The fourth-order valence-corrected chi connectivity index (χ4v) is 6.10. The fourth-order valence-electron chi connectivity index (χ4n) is 4.46. The zero-order valence-electron chi connectivity index (χ0n) is 16.7. The molecule has 1 fully saturated rings. The number of hydrogen-bond donors (Lipinski definition) is 0. The van der Waals surface area contributed by atoms with Crippen LogP contribution in [0.3, 0.4) is 0 Å². The van der Waals surface area contributed by atoms with E-state index in [1.165, 1.54) is 4.31 Å². The number of carbonyl (C=O) groups is 1. The largest absolute Gasteiger partial charge is 0.336 e. The molecule has 0 aliphatic carbocycles. The van der Waals surface area contributed by atoms with E-state index in [1.807, 2.05) is 35.0 Å². The van der Waals surface area contributed by atoms with Crippen LogP contribution < -0.4 is 0 Å². The normalized spacial score (nSPS) is 17.8. The van der Waals surface area contributed by atoms with E-state index in [-0.39, 0.29) is 5.91 Å². The molecule has 30 heavy (non-hydrogen) atoms. The Balaban J connectivity index is 1.34. The van der Waals surface area contributed by atoms with Crippen LogP contribution >= 0.6 is 0 Å². The van der Waals surface area contributed by atoms with Crippen LogP contribution in [0.4, 0.5) is 0 Å². The summed E-state index contributed by atoms with van der Waals surface area (Å²) in [6, 6.07) is 12.9. The Bertz CT molecular complexity index is 1200. The van der Waals surface area contributed by atoms with E-state index < -0.39 is 10.0 Å². The molecule has 1 aromatic heterocycles. The van der Waals surface area contributed by atoms with Gasteiger partial charge in [-0.25, -0.2) is 8.42 Å². The molecule has 0 atom stereocenters. The Labute approximate surface area is 175 Å². The van der Waals surface area contributed by atoms with E-state index >= 15 is 0 Å². The Morgan fingerprint density at radius 3 is 2.50 bits per heavy atom. The zero-order chi connectivity index (χ0) is 20.7. The Morgan fingerprint density at radius 2 is 1.67 bits per heavy atom. The molecule has 2 aliphatic rings. The molecule has 8 heteroatoms. The first-order chi connectivity index (χ1) is 14.6. The molecule has 0 spiro atoms. The minimum atomic E-state index is -3.63. The van der Waals surface area contributed by atoms with Gasteiger partial charge in [-0.05, 0) is 30.7 Å². The van der Waals surface area contributed by atoms with Crippen LogP contribution in [0.5, 0.6) is 0 Å². The molecule has 5 rings (SSSR count). The highest BCUT2D eigenvalue weighted by atomic mass is 32.2. The number of aryl methyl sites for hydroxylation is 1. The first-order valence-corrected chi connectivity index (χ1v) is 11.8. The van der Waals surface area contributed by atoms with Crippen molar-refractivity contribution in [3.63, 3.8) is 0 Å². The third-order valence-corrected chi connectivity index (χ3v) is 8.06. The van der Waals surface area contributed by atoms with Gasteiger partial charge in [-0.1, -0.05) is 36.4 Å². The van der Waals surface area contributed by atoms with Crippen molar-refractivity contribution >= 4 is 26.7 Å². The van der Waals surface area contributed by atoms with Crippen LogP contribution in [-0.4, -0.2) is 59.5 Å². The average Bonchev–Trinajstić information content (AvgIpc) is 3.22. The number of nitrogens with zero attached hydrogens (tertiary/aromatic N) is 4. The zero-order valence-corrected chi connectivity index (χ0v) is 17.5. The minimum Gasteiger partial charge on any atom is -0.336 e. The lowest BCUT2D eigenvalue weighted by Gasteiger charge is -2.34. The van der Waals surface area contributed by atoms with Gasteiger partial charge < -0.3 is 4.90 Å². The highest BCUT2D eigenvalue weighted by Gasteiger charge is 2.32. The van der Waals surface area contributed by atoms with Gasteiger partial charge in [0.1, 0.15) is 0 Å². The number of fused-ring (bicyclic) bond motifs is 2. The van der Waals surface area contributed by atoms with Gasteiger partial charge in [0.15, 0.2) is 0 Å². The molecular formula is C22H24N4O3S. The van der Waals surface area contributed by atoms with Gasteiger partial charge in [0.2, 0.25) is 10.0 Å². The number of rotatable bonds is 3.